The maximum atomic E-state index is 12.0. The fourth-order valence-electron chi connectivity index (χ4n) is 2.18. The molecule has 0 radical (unpaired) electrons. The molecule has 2 unspecified atom stereocenters. The number of benzene rings is 1. The first-order valence-corrected chi connectivity index (χ1v) is 6.47. The molecule has 0 aliphatic carbocycles. The van der Waals surface area contributed by atoms with Crippen LogP contribution < -0.4 is 10.6 Å². The Hall–Kier alpha value is -1.26. The predicted octanol–water partition coefficient (Wildman–Crippen LogP) is 1.92. The third-order valence-electron chi connectivity index (χ3n) is 3.17. The molecule has 18 heavy (non-hydrogen) atoms. The van der Waals surface area contributed by atoms with Crippen molar-refractivity contribution in [2.75, 3.05) is 6.54 Å². The number of hydrogen-bond donors (Lipinski definition) is 3. The number of phenolic OH excluding ortho intramolecular Hbond substituents is 1. The van der Waals surface area contributed by atoms with Crippen LogP contribution in [0.25, 0.3) is 0 Å². The Balaban J connectivity index is 2.00. The van der Waals surface area contributed by atoms with Crippen LogP contribution in [-0.2, 0) is 0 Å². The maximum Gasteiger partial charge on any atom is 0.251 e. The van der Waals surface area contributed by atoms with Crippen LogP contribution in [0.3, 0.4) is 0 Å². The summed E-state index contributed by atoms with van der Waals surface area (Å²) in [6.45, 7) is 3.03. The van der Waals surface area contributed by atoms with E-state index in [4.69, 9.17) is 11.6 Å². The van der Waals surface area contributed by atoms with Crippen LogP contribution in [0.2, 0.25) is 5.02 Å². The summed E-state index contributed by atoms with van der Waals surface area (Å²) < 4.78 is 0. The van der Waals surface area contributed by atoms with Gasteiger partial charge in [-0.2, -0.15) is 0 Å². The second kappa shape index (κ2) is 5.59. The van der Waals surface area contributed by atoms with Gasteiger partial charge in [0.15, 0.2) is 0 Å². The maximum absolute atomic E-state index is 12.0. The Morgan fingerprint density at radius 1 is 1.56 bits per heavy atom. The van der Waals surface area contributed by atoms with E-state index in [1.807, 2.05) is 0 Å². The van der Waals surface area contributed by atoms with Crippen LogP contribution >= 0.6 is 11.6 Å². The van der Waals surface area contributed by atoms with Crippen LogP contribution in [-0.4, -0.2) is 29.6 Å². The van der Waals surface area contributed by atoms with Crippen LogP contribution in [0, 0.1) is 0 Å². The molecule has 4 nitrogen and oxygen atoms in total. The fourth-order valence-corrected chi connectivity index (χ4v) is 2.36. The molecule has 5 heteroatoms. The zero-order valence-corrected chi connectivity index (χ0v) is 11.0. The third-order valence-corrected chi connectivity index (χ3v) is 3.47. The molecule has 1 aromatic carbocycles. The molecule has 1 aromatic rings. The summed E-state index contributed by atoms with van der Waals surface area (Å²) in [5, 5.41) is 15.8. The molecule has 1 heterocycles. The summed E-state index contributed by atoms with van der Waals surface area (Å²) in [5.41, 5.74) is 0.476. The molecule has 1 aliphatic heterocycles. The van der Waals surface area contributed by atoms with Gasteiger partial charge in [0, 0.05) is 17.6 Å². The highest BCUT2D eigenvalue weighted by Gasteiger charge is 2.20. The van der Waals surface area contributed by atoms with E-state index in [0.29, 0.717) is 11.6 Å². The first-order valence-electron chi connectivity index (χ1n) is 6.09. The summed E-state index contributed by atoms with van der Waals surface area (Å²) in [5.74, 6) is -0.153. The number of phenols is 1. The lowest BCUT2D eigenvalue weighted by Gasteiger charge is -2.28. The standard InChI is InChI=1S/C13H17ClN2O2/c1-8-6-10(4-5-15-8)16-13(18)9-2-3-12(17)11(14)7-9/h2-3,7-8,10,15,17H,4-6H2,1H3,(H,16,18). The lowest BCUT2D eigenvalue weighted by Crippen LogP contribution is -2.46. The van der Waals surface area contributed by atoms with E-state index in [1.165, 1.54) is 12.1 Å². The van der Waals surface area contributed by atoms with E-state index in [-0.39, 0.29) is 22.7 Å². The van der Waals surface area contributed by atoms with Gasteiger partial charge < -0.3 is 15.7 Å². The Morgan fingerprint density at radius 2 is 2.33 bits per heavy atom. The van der Waals surface area contributed by atoms with Crippen molar-refractivity contribution in [3.8, 4) is 5.75 Å². The molecule has 3 N–H and O–H groups in total. The number of amides is 1. The van der Waals surface area contributed by atoms with Crippen molar-refractivity contribution in [2.45, 2.75) is 31.8 Å². The molecule has 0 spiro atoms. The summed E-state index contributed by atoms with van der Waals surface area (Å²) in [6, 6.07) is 5.11. The second-order valence-corrected chi connectivity index (χ2v) is 5.12. The monoisotopic (exact) mass is 268 g/mol. The van der Waals surface area contributed by atoms with Crippen molar-refractivity contribution in [3.05, 3.63) is 28.8 Å². The highest BCUT2D eigenvalue weighted by atomic mass is 35.5. The van der Waals surface area contributed by atoms with E-state index in [9.17, 15) is 9.90 Å². The van der Waals surface area contributed by atoms with Crippen molar-refractivity contribution in [1.29, 1.82) is 0 Å². The van der Waals surface area contributed by atoms with Crippen LogP contribution in [0.4, 0.5) is 0 Å². The predicted molar refractivity (Wildman–Crippen MR) is 71.1 cm³/mol. The summed E-state index contributed by atoms with van der Waals surface area (Å²) >= 11 is 5.78. The van der Waals surface area contributed by atoms with E-state index >= 15 is 0 Å². The number of piperidine rings is 1. The molecule has 1 fully saturated rings. The third kappa shape index (κ3) is 3.15. The molecular weight excluding hydrogens is 252 g/mol. The molecule has 1 aliphatic rings. The summed E-state index contributed by atoms with van der Waals surface area (Å²) in [4.78, 5) is 12.0. The van der Waals surface area contributed by atoms with Crippen molar-refractivity contribution < 1.29 is 9.90 Å². The smallest absolute Gasteiger partial charge is 0.251 e. The van der Waals surface area contributed by atoms with Crippen molar-refractivity contribution in [3.63, 3.8) is 0 Å². The van der Waals surface area contributed by atoms with Gasteiger partial charge in [0.05, 0.1) is 5.02 Å². The Kier molecular flexibility index (Phi) is 4.09. The highest BCUT2D eigenvalue weighted by molar-refractivity contribution is 6.32. The van der Waals surface area contributed by atoms with E-state index in [2.05, 4.69) is 17.6 Å². The molecule has 98 valence electrons. The minimum absolute atomic E-state index is 0.0105. The lowest BCUT2D eigenvalue weighted by atomic mass is 10.0. The van der Waals surface area contributed by atoms with Gasteiger partial charge in [0.1, 0.15) is 5.75 Å². The van der Waals surface area contributed by atoms with Crippen molar-refractivity contribution >= 4 is 17.5 Å². The average molecular weight is 269 g/mol. The fraction of sp³-hybridized carbons (Fsp3) is 0.462. The van der Waals surface area contributed by atoms with Gasteiger partial charge in [0.25, 0.3) is 5.91 Å². The molecule has 1 amide bonds. The van der Waals surface area contributed by atoms with Gasteiger partial charge >= 0.3 is 0 Å². The highest BCUT2D eigenvalue weighted by Crippen LogP contribution is 2.23. The van der Waals surface area contributed by atoms with Crippen LogP contribution in [0.15, 0.2) is 18.2 Å². The molecular formula is C13H17ClN2O2. The Labute approximate surface area is 111 Å². The van der Waals surface area contributed by atoms with Crippen LogP contribution in [0.1, 0.15) is 30.1 Å². The first kappa shape index (κ1) is 13.2. The zero-order chi connectivity index (χ0) is 13.1. The Bertz CT molecular complexity index is 451. The summed E-state index contributed by atoms with van der Waals surface area (Å²) in [6.07, 6.45) is 1.86. The number of carbonyl (C=O) groups is 1. The van der Waals surface area contributed by atoms with E-state index in [0.717, 1.165) is 19.4 Å². The van der Waals surface area contributed by atoms with Gasteiger partial charge in [0.2, 0.25) is 0 Å². The van der Waals surface area contributed by atoms with E-state index in [1.54, 1.807) is 6.07 Å². The zero-order valence-electron chi connectivity index (χ0n) is 10.2. The van der Waals surface area contributed by atoms with Crippen molar-refractivity contribution in [2.24, 2.45) is 0 Å². The molecule has 2 rings (SSSR count). The molecule has 0 saturated carbocycles. The molecule has 2 atom stereocenters. The topological polar surface area (TPSA) is 61.4 Å². The minimum atomic E-state index is -0.143. The number of halogens is 1. The van der Waals surface area contributed by atoms with Gasteiger partial charge in [-0.1, -0.05) is 11.6 Å². The van der Waals surface area contributed by atoms with Gasteiger partial charge in [-0.25, -0.2) is 0 Å². The lowest BCUT2D eigenvalue weighted by molar-refractivity contribution is 0.0925. The number of hydrogen-bond acceptors (Lipinski definition) is 3. The number of rotatable bonds is 2. The number of carbonyl (C=O) groups excluding carboxylic acids is 1. The second-order valence-electron chi connectivity index (χ2n) is 4.72. The van der Waals surface area contributed by atoms with Crippen LogP contribution in [0.5, 0.6) is 5.75 Å². The van der Waals surface area contributed by atoms with Gasteiger partial charge in [-0.3, -0.25) is 4.79 Å². The molecule has 1 saturated heterocycles. The average Bonchev–Trinajstić information content (AvgIpc) is 2.32. The SMILES string of the molecule is CC1CC(NC(=O)c2ccc(O)c(Cl)c2)CCN1. The van der Waals surface area contributed by atoms with Crippen molar-refractivity contribution in [1.82, 2.24) is 10.6 Å². The van der Waals surface area contributed by atoms with E-state index < -0.39 is 0 Å². The Morgan fingerprint density at radius 3 is 3.00 bits per heavy atom. The molecule has 0 aromatic heterocycles. The number of nitrogens with one attached hydrogen (secondary N) is 2. The van der Waals surface area contributed by atoms with Gasteiger partial charge in [-0.15, -0.1) is 0 Å². The number of aromatic hydroxyl groups is 1. The largest absolute Gasteiger partial charge is 0.506 e. The first-order chi connectivity index (χ1) is 8.56. The summed E-state index contributed by atoms with van der Waals surface area (Å²) in [7, 11) is 0. The quantitative estimate of drug-likeness (QED) is 0.768. The molecule has 0 bridgehead atoms. The van der Waals surface area contributed by atoms with Gasteiger partial charge in [-0.05, 0) is 44.5 Å². The minimum Gasteiger partial charge on any atom is -0.506 e. The normalized spacial score (nSPS) is 23.7.